The van der Waals surface area contributed by atoms with Gasteiger partial charge in [0.05, 0.1) is 12.2 Å². The van der Waals surface area contributed by atoms with Crippen LogP contribution in [0.15, 0.2) is 42.9 Å². The van der Waals surface area contributed by atoms with Gasteiger partial charge in [-0.05, 0) is 71.0 Å². The molecule has 5 N–H and O–H groups in total. The molecular weight excluding hydrogens is 423 g/mol. The molecule has 0 atom stereocenters. The molecule has 33 heavy (non-hydrogen) atoms. The smallest absolute Gasteiger partial charge is 0.293 e. The van der Waals surface area contributed by atoms with Crippen molar-refractivity contribution in [3.8, 4) is 22.3 Å². The normalized spacial score (nSPS) is 14.3. The van der Waals surface area contributed by atoms with E-state index in [0.29, 0.717) is 29.3 Å². The second-order valence-electron chi connectivity index (χ2n) is 8.91. The molecule has 0 aliphatic carbocycles. The monoisotopic (exact) mass is 454 g/mol. The van der Waals surface area contributed by atoms with Gasteiger partial charge in [-0.1, -0.05) is 0 Å². The number of hydrogen-bond acceptors (Lipinski definition) is 7. The highest BCUT2D eigenvalue weighted by Gasteiger charge is 2.17. The molecule has 1 aliphatic heterocycles. The van der Waals surface area contributed by atoms with E-state index >= 15 is 0 Å². The van der Waals surface area contributed by atoms with Gasteiger partial charge in [-0.2, -0.15) is 5.10 Å². The largest absolute Gasteiger partial charge is 0.462 e. The van der Waals surface area contributed by atoms with E-state index in [4.69, 9.17) is 11.5 Å². The second kappa shape index (κ2) is 10.4. The Morgan fingerprint density at radius 3 is 2.45 bits per heavy atom. The van der Waals surface area contributed by atoms with Crippen LogP contribution in [-0.4, -0.2) is 39.9 Å². The molecule has 0 radical (unpaired) electrons. The van der Waals surface area contributed by atoms with Gasteiger partial charge in [0.2, 0.25) is 0 Å². The van der Waals surface area contributed by atoms with Gasteiger partial charge in [0, 0.05) is 40.3 Å². The summed E-state index contributed by atoms with van der Waals surface area (Å²) in [5, 5.41) is 7.86. The molecule has 0 unspecified atom stereocenters. The van der Waals surface area contributed by atoms with E-state index in [1.165, 1.54) is 6.07 Å². The van der Waals surface area contributed by atoms with Crippen LogP contribution in [0.4, 0.5) is 15.9 Å². The Labute approximate surface area is 193 Å². The molecular formula is C24H31FN6O2. The molecule has 0 amide bonds. The Bertz CT molecular complexity index is 1090. The number of carbonyl (C=O) groups excluding carboxylic acids is 1. The van der Waals surface area contributed by atoms with E-state index in [1.54, 1.807) is 18.3 Å². The minimum absolute atomic E-state index is 0.281. The molecule has 4 rings (SSSR count). The van der Waals surface area contributed by atoms with Gasteiger partial charge in [-0.3, -0.25) is 9.48 Å². The first kappa shape index (κ1) is 24.2. The second-order valence-corrected chi connectivity index (χ2v) is 8.91. The van der Waals surface area contributed by atoms with Crippen molar-refractivity contribution in [2.75, 3.05) is 24.6 Å². The number of nitrogen functional groups attached to an aromatic ring is 2. The summed E-state index contributed by atoms with van der Waals surface area (Å²) in [7, 11) is 0. The summed E-state index contributed by atoms with van der Waals surface area (Å²) in [6.45, 7) is 7.93. The predicted octanol–water partition coefficient (Wildman–Crippen LogP) is 3.80. The number of aromatic nitrogens is 3. The number of benzene rings is 1. The summed E-state index contributed by atoms with van der Waals surface area (Å²) >= 11 is 0. The van der Waals surface area contributed by atoms with Crippen molar-refractivity contribution in [3.05, 3.63) is 48.7 Å². The van der Waals surface area contributed by atoms with Gasteiger partial charge < -0.3 is 21.5 Å². The van der Waals surface area contributed by atoms with E-state index in [0.717, 1.165) is 37.1 Å². The zero-order valence-corrected chi connectivity index (χ0v) is 19.2. The van der Waals surface area contributed by atoms with Crippen molar-refractivity contribution in [1.82, 2.24) is 20.1 Å². The molecule has 9 heteroatoms. The Hall–Kier alpha value is -3.46. The van der Waals surface area contributed by atoms with Crippen LogP contribution in [0.2, 0.25) is 0 Å². The predicted molar refractivity (Wildman–Crippen MR) is 128 cm³/mol. The van der Waals surface area contributed by atoms with Crippen LogP contribution in [0.1, 0.15) is 39.7 Å². The summed E-state index contributed by atoms with van der Waals surface area (Å²) in [4.78, 5) is 13.8. The van der Waals surface area contributed by atoms with Crippen LogP contribution >= 0.6 is 0 Å². The van der Waals surface area contributed by atoms with E-state index in [9.17, 15) is 9.18 Å². The standard InChI is InChI=1S/C19H21FN6.C5H10O2/c20-18-8-14(21)1-2-16(18)17-7-12(9-24-19(17)22)13-10-25-26(11-13)15-3-5-23-6-4-15;1-5(2,3)7-4-6/h1-2,7-11,15,23H,3-6,21H2,(H2,22,24);4H,1-3H3. The lowest BCUT2D eigenvalue weighted by atomic mass is 10.0. The highest BCUT2D eigenvalue weighted by molar-refractivity contribution is 5.79. The summed E-state index contributed by atoms with van der Waals surface area (Å²) in [5.74, 6) is -0.135. The average molecular weight is 455 g/mol. The number of piperidine rings is 1. The van der Waals surface area contributed by atoms with Crippen LogP contribution < -0.4 is 16.8 Å². The molecule has 1 saturated heterocycles. The number of nitrogens with one attached hydrogen (secondary N) is 1. The number of anilines is 2. The number of halogens is 1. The topological polar surface area (TPSA) is 121 Å². The minimum atomic E-state index is -0.416. The Morgan fingerprint density at radius 2 is 1.85 bits per heavy atom. The fraction of sp³-hybridized carbons (Fsp3) is 0.375. The van der Waals surface area contributed by atoms with Crippen molar-refractivity contribution < 1.29 is 13.9 Å². The molecule has 3 heterocycles. The third-order valence-electron chi connectivity index (χ3n) is 5.22. The zero-order chi connectivity index (χ0) is 24.0. The maximum atomic E-state index is 14.3. The number of rotatable bonds is 4. The Kier molecular flexibility index (Phi) is 7.65. The quantitative estimate of drug-likeness (QED) is 0.405. The average Bonchev–Trinajstić information content (AvgIpc) is 3.25. The van der Waals surface area contributed by atoms with Crippen LogP contribution in [0.3, 0.4) is 0 Å². The van der Waals surface area contributed by atoms with Crippen molar-refractivity contribution in [3.63, 3.8) is 0 Å². The number of hydrogen-bond donors (Lipinski definition) is 3. The molecule has 8 nitrogen and oxygen atoms in total. The number of nitrogens with two attached hydrogens (primary N) is 2. The fourth-order valence-corrected chi connectivity index (χ4v) is 3.50. The van der Waals surface area contributed by atoms with Crippen molar-refractivity contribution in [1.29, 1.82) is 0 Å². The summed E-state index contributed by atoms with van der Waals surface area (Å²) in [6.07, 6.45) is 7.65. The molecule has 0 bridgehead atoms. The number of nitrogens with zero attached hydrogens (tertiary/aromatic N) is 3. The van der Waals surface area contributed by atoms with Crippen molar-refractivity contribution in [2.45, 2.75) is 45.3 Å². The van der Waals surface area contributed by atoms with Crippen LogP contribution in [0.5, 0.6) is 0 Å². The van der Waals surface area contributed by atoms with Gasteiger partial charge in [0.15, 0.2) is 0 Å². The Morgan fingerprint density at radius 1 is 1.12 bits per heavy atom. The first-order valence-electron chi connectivity index (χ1n) is 10.9. The first-order valence-corrected chi connectivity index (χ1v) is 10.9. The number of carbonyl (C=O) groups is 1. The number of pyridine rings is 1. The SMILES string of the molecule is CC(C)(C)OC=O.Nc1ccc(-c2cc(-c3cnn(C4CCNCC4)c3)cnc2N)c(F)c1. The van der Waals surface area contributed by atoms with E-state index < -0.39 is 5.82 Å². The third kappa shape index (κ3) is 6.52. The maximum Gasteiger partial charge on any atom is 0.293 e. The number of ether oxygens (including phenoxy) is 1. The molecule has 0 saturated carbocycles. The van der Waals surface area contributed by atoms with Crippen LogP contribution in [0, 0.1) is 5.82 Å². The zero-order valence-electron chi connectivity index (χ0n) is 19.2. The van der Waals surface area contributed by atoms with Crippen molar-refractivity contribution in [2.24, 2.45) is 0 Å². The highest BCUT2D eigenvalue weighted by atomic mass is 19.1. The van der Waals surface area contributed by atoms with E-state index in [-0.39, 0.29) is 11.4 Å². The summed E-state index contributed by atoms with van der Waals surface area (Å²) < 4.78 is 20.9. The third-order valence-corrected chi connectivity index (χ3v) is 5.22. The van der Waals surface area contributed by atoms with E-state index in [1.807, 2.05) is 43.9 Å². The molecule has 1 aliphatic rings. The lowest BCUT2D eigenvalue weighted by Crippen LogP contribution is -2.29. The summed E-state index contributed by atoms with van der Waals surface area (Å²) in [5.41, 5.74) is 14.4. The first-order chi connectivity index (χ1) is 15.7. The molecule has 176 valence electrons. The maximum absolute atomic E-state index is 14.3. The van der Waals surface area contributed by atoms with Gasteiger partial charge in [-0.15, -0.1) is 0 Å². The summed E-state index contributed by atoms with van der Waals surface area (Å²) in [6, 6.07) is 6.82. The fourth-order valence-electron chi connectivity index (χ4n) is 3.50. The molecule has 3 aromatic rings. The lowest BCUT2D eigenvalue weighted by molar-refractivity contribution is -0.138. The lowest BCUT2D eigenvalue weighted by Gasteiger charge is -2.22. The minimum Gasteiger partial charge on any atom is -0.462 e. The highest BCUT2D eigenvalue weighted by Crippen LogP contribution is 2.32. The van der Waals surface area contributed by atoms with E-state index in [2.05, 4.69) is 20.1 Å². The van der Waals surface area contributed by atoms with Crippen molar-refractivity contribution >= 4 is 18.0 Å². The van der Waals surface area contributed by atoms with Crippen LogP contribution in [-0.2, 0) is 9.53 Å². The van der Waals surface area contributed by atoms with Gasteiger partial charge >= 0.3 is 0 Å². The molecule has 1 aromatic carbocycles. The van der Waals surface area contributed by atoms with Gasteiger partial charge in [0.25, 0.3) is 6.47 Å². The van der Waals surface area contributed by atoms with Crippen LogP contribution in [0.25, 0.3) is 22.3 Å². The van der Waals surface area contributed by atoms with Gasteiger partial charge in [0.1, 0.15) is 17.2 Å². The molecule has 0 spiro atoms. The Balaban J connectivity index is 0.000000383. The molecule has 2 aromatic heterocycles. The molecule has 1 fully saturated rings. The van der Waals surface area contributed by atoms with Gasteiger partial charge in [-0.25, -0.2) is 9.37 Å².